The van der Waals surface area contributed by atoms with Gasteiger partial charge in [-0.05, 0) is 18.8 Å². The summed E-state index contributed by atoms with van der Waals surface area (Å²) in [5.41, 5.74) is 0. The van der Waals surface area contributed by atoms with E-state index in [9.17, 15) is 13.2 Å². The second kappa shape index (κ2) is 4.31. The monoisotopic (exact) mass is 230 g/mol. The van der Waals surface area contributed by atoms with Crippen LogP contribution in [-0.2, 0) is 0 Å². The molecule has 1 aromatic rings. The first kappa shape index (κ1) is 11.2. The SMILES string of the molecule is CC1CCCN(c2nc(F)c(F)cc2F)C1. The van der Waals surface area contributed by atoms with Gasteiger partial charge in [0, 0.05) is 19.2 Å². The van der Waals surface area contributed by atoms with Crippen molar-refractivity contribution in [2.45, 2.75) is 19.8 Å². The molecule has 0 radical (unpaired) electrons. The predicted octanol–water partition coefficient (Wildman–Crippen LogP) is 2.74. The highest BCUT2D eigenvalue weighted by atomic mass is 19.2. The third kappa shape index (κ3) is 2.13. The standard InChI is InChI=1S/C11H13F3N2/c1-7-3-2-4-16(6-7)11-9(13)5-8(12)10(14)15-11/h5,7H,2-4,6H2,1H3. The van der Waals surface area contributed by atoms with Crippen LogP contribution in [0.3, 0.4) is 0 Å². The zero-order valence-corrected chi connectivity index (χ0v) is 9.01. The number of halogens is 3. The van der Waals surface area contributed by atoms with Crippen molar-refractivity contribution < 1.29 is 13.2 Å². The van der Waals surface area contributed by atoms with E-state index in [2.05, 4.69) is 4.98 Å². The van der Waals surface area contributed by atoms with Gasteiger partial charge in [-0.25, -0.2) is 8.78 Å². The van der Waals surface area contributed by atoms with Gasteiger partial charge < -0.3 is 4.90 Å². The quantitative estimate of drug-likeness (QED) is 0.689. The summed E-state index contributed by atoms with van der Waals surface area (Å²) >= 11 is 0. The van der Waals surface area contributed by atoms with Gasteiger partial charge >= 0.3 is 0 Å². The molecule has 16 heavy (non-hydrogen) atoms. The fourth-order valence-electron chi connectivity index (χ4n) is 2.04. The number of hydrogen-bond donors (Lipinski definition) is 0. The zero-order chi connectivity index (χ0) is 11.7. The van der Waals surface area contributed by atoms with Crippen molar-refractivity contribution in [3.63, 3.8) is 0 Å². The molecule has 1 aromatic heterocycles. The average Bonchev–Trinajstić information content (AvgIpc) is 2.23. The first-order valence-corrected chi connectivity index (χ1v) is 5.34. The third-order valence-electron chi connectivity index (χ3n) is 2.82. The van der Waals surface area contributed by atoms with Crippen molar-refractivity contribution in [2.24, 2.45) is 5.92 Å². The number of nitrogens with zero attached hydrogens (tertiary/aromatic N) is 2. The molecule has 0 aromatic carbocycles. The summed E-state index contributed by atoms with van der Waals surface area (Å²) in [4.78, 5) is 5.01. The number of pyridine rings is 1. The van der Waals surface area contributed by atoms with Crippen LogP contribution in [0.15, 0.2) is 6.07 Å². The molecule has 1 aliphatic heterocycles. The topological polar surface area (TPSA) is 16.1 Å². The highest BCUT2D eigenvalue weighted by Gasteiger charge is 2.22. The van der Waals surface area contributed by atoms with Gasteiger partial charge in [-0.1, -0.05) is 6.92 Å². The molecule has 1 saturated heterocycles. The zero-order valence-electron chi connectivity index (χ0n) is 9.01. The van der Waals surface area contributed by atoms with Crippen LogP contribution in [0.1, 0.15) is 19.8 Å². The van der Waals surface area contributed by atoms with E-state index < -0.39 is 17.6 Å². The van der Waals surface area contributed by atoms with Gasteiger partial charge in [-0.3, -0.25) is 0 Å². The van der Waals surface area contributed by atoms with E-state index in [1.54, 1.807) is 4.90 Å². The number of hydrogen-bond acceptors (Lipinski definition) is 2. The minimum atomic E-state index is -1.24. The molecule has 5 heteroatoms. The van der Waals surface area contributed by atoms with Crippen LogP contribution in [-0.4, -0.2) is 18.1 Å². The lowest BCUT2D eigenvalue weighted by molar-refractivity contribution is 0.426. The van der Waals surface area contributed by atoms with Crippen molar-refractivity contribution in [1.82, 2.24) is 4.98 Å². The second-order valence-electron chi connectivity index (χ2n) is 4.26. The van der Waals surface area contributed by atoms with Crippen molar-refractivity contribution in [3.8, 4) is 0 Å². The molecule has 1 unspecified atom stereocenters. The molecule has 1 aliphatic rings. The van der Waals surface area contributed by atoms with Gasteiger partial charge in [0.05, 0.1) is 0 Å². The summed E-state index contributed by atoms with van der Waals surface area (Å²) in [6, 6.07) is 0.553. The summed E-state index contributed by atoms with van der Waals surface area (Å²) < 4.78 is 39.1. The first-order chi connectivity index (χ1) is 7.58. The van der Waals surface area contributed by atoms with E-state index in [0.29, 0.717) is 25.1 Å². The van der Waals surface area contributed by atoms with Crippen LogP contribution in [0.5, 0.6) is 0 Å². The molecule has 2 nitrogen and oxygen atoms in total. The van der Waals surface area contributed by atoms with Crippen LogP contribution < -0.4 is 4.90 Å². The predicted molar refractivity (Wildman–Crippen MR) is 54.7 cm³/mol. The molecule has 2 heterocycles. The van der Waals surface area contributed by atoms with E-state index in [1.807, 2.05) is 6.92 Å². The Kier molecular flexibility index (Phi) is 3.03. The Morgan fingerprint density at radius 2 is 2.06 bits per heavy atom. The molecule has 0 bridgehead atoms. The molecule has 0 spiro atoms. The van der Waals surface area contributed by atoms with Crippen molar-refractivity contribution in [1.29, 1.82) is 0 Å². The lowest BCUT2D eigenvalue weighted by Crippen LogP contribution is -2.35. The lowest BCUT2D eigenvalue weighted by atomic mass is 10.0. The molecular weight excluding hydrogens is 217 g/mol. The van der Waals surface area contributed by atoms with Gasteiger partial charge in [0.25, 0.3) is 5.95 Å². The molecular formula is C11H13F3N2. The highest BCUT2D eigenvalue weighted by molar-refractivity contribution is 5.40. The third-order valence-corrected chi connectivity index (χ3v) is 2.82. The van der Waals surface area contributed by atoms with E-state index in [0.717, 1.165) is 12.8 Å². The van der Waals surface area contributed by atoms with Crippen LogP contribution in [0.25, 0.3) is 0 Å². The van der Waals surface area contributed by atoms with Crippen LogP contribution in [0, 0.1) is 23.5 Å². The van der Waals surface area contributed by atoms with Gasteiger partial charge in [0.15, 0.2) is 17.5 Å². The minimum absolute atomic E-state index is 0.0783. The number of anilines is 1. The van der Waals surface area contributed by atoms with E-state index >= 15 is 0 Å². The second-order valence-corrected chi connectivity index (χ2v) is 4.26. The first-order valence-electron chi connectivity index (χ1n) is 5.34. The molecule has 0 aliphatic carbocycles. The lowest BCUT2D eigenvalue weighted by Gasteiger charge is -2.31. The molecule has 0 saturated carbocycles. The summed E-state index contributed by atoms with van der Waals surface area (Å²) in [6.45, 7) is 3.32. The molecule has 2 rings (SSSR count). The van der Waals surface area contributed by atoms with Crippen LogP contribution >= 0.6 is 0 Å². The Morgan fingerprint density at radius 1 is 1.31 bits per heavy atom. The Labute approximate surface area is 92.1 Å². The largest absolute Gasteiger partial charge is 0.354 e. The van der Waals surface area contributed by atoms with Crippen molar-refractivity contribution >= 4 is 5.82 Å². The highest BCUT2D eigenvalue weighted by Crippen LogP contribution is 2.24. The Balaban J connectivity index is 2.29. The number of rotatable bonds is 1. The maximum atomic E-state index is 13.4. The van der Waals surface area contributed by atoms with Crippen molar-refractivity contribution in [2.75, 3.05) is 18.0 Å². The maximum Gasteiger partial charge on any atom is 0.251 e. The van der Waals surface area contributed by atoms with Gasteiger partial charge in [0.2, 0.25) is 0 Å². The molecule has 1 atom stereocenters. The van der Waals surface area contributed by atoms with Gasteiger partial charge in [0.1, 0.15) is 0 Å². The average molecular weight is 230 g/mol. The number of aromatic nitrogens is 1. The molecule has 1 fully saturated rings. The Hall–Kier alpha value is -1.26. The summed E-state index contributed by atoms with van der Waals surface area (Å²) in [5, 5.41) is 0. The summed E-state index contributed by atoms with van der Waals surface area (Å²) in [6.07, 6.45) is 1.99. The van der Waals surface area contributed by atoms with Crippen LogP contribution in [0.4, 0.5) is 19.0 Å². The maximum absolute atomic E-state index is 13.4. The smallest absolute Gasteiger partial charge is 0.251 e. The van der Waals surface area contributed by atoms with E-state index in [-0.39, 0.29) is 5.82 Å². The summed E-state index contributed by atoms with van der Waals surface area (Å²) in [7, 11) is 0. The fraction of sp³-hybridized carbons (Fsp3) is 0.545. The Morgan fingerprint density at radius 3 is 2.75 bits per heavy atom. The van der Waals surface area contributed by atoms with Crippen LogP contribution in [0.2, 0.25) is 0 Å². The molecule has 0 amide bonds. The van der Waals surface area contributed by atoms with E-state index in [4.69, 9.17) is 0 Å². The molecule has 0 N–H and O–H groups in total. The summed E-state index contributed by atoms with van der Waals surface area (Å²) in [5.74, 6) is -2.94. The van der Waals surface area contributed by atoms with Crippen molar-refractivity contribution in [3.05, 3.63) is 23.6 Å². The van der Waals surface area contributed by atoms with Gasteiger partial charge in [-0.2, -0.15) is 9.37 Å². The Bertz CT molecular complexity index is 395. The van der Waals surface area contributed by atoms with Gasteiger partial charge in [-0.15, -0.1) is 0 Å². The normalized spacial score (nSPS) is 21.2. The number of piperidine rings is 1. The molecule has 88 valence electrons. The van der Waals surface area contributed by atoms with E-state index in [1.165, 1.54) is 0 Å². The minimum Gasteiger partial charge on any atom is -0.354 e. The fourth-order valence-corrected chi connectivity index (χ4v) is 2.04.